The van der Waals surface area contributed by atoms with Gasteiger partial charge in [-0.3, -0.25) is 9.69 Å². The number of aromatic nitrogens is 1. The van der Waals surface area contributed by atoms with Gasteiger partial charge in [0.15, 0.2) is 0 Å². The maximum Gasteiger partial charge on any atom is 0.409 e. The third-order valence-corrected chi connectivity index (χ3v) is 6.30. The van der Waals surface area contributed by atoms with Gasteiger partial charge in [-0.2, -0.15) is 0 Å². The van der Waals surface area contributed by atoms with Crippen LogP contribution in [0.4, 0.5) is 4.79 Å². The number of rotatable bonds is 6. The number of ether oxygens (including phenoxy) is 1. The van der Waals surface area contributed by atoms with Crippen LogP contribution in [0.1, 0.15) is 35.5 Å². The van der Waals surface area contributed by atoms with Crippen LogP contribution in [0, 0.1) is 6.92 Å². The van der Waals surface area contributed by atoms with Crippen LogP contribution in [0.25, 0.3) is 0 Å². The SMILES string of the molecule is CCOC(=O)N1CCN(C(c2cccc(Cl)c2)c2c(O)cc(C)n(Cc3ccco3)c2=O)CC1. The van der Waals surface area contributed by atoms with Crippen molar-refractivity contribution in [1.82, 2.24) is 14.4 Å². The smallest absolute Gasteiger partial charge is 0.409 e. The number of benzene rings is 1. The second kappa shape index (κ2) is 10.4. The van der Waals surface area contributed by atoms with Gasteiger partial charge in [0.2, 0.25) is 0 Å². The number of piperazine rings is 1. The predicted molar refractivity (Wildman–Crippen MR) is 128 cm³/mol. The number of halogens is 1. The van der Waals surface area contributed by atoms with E-state index in [4.69, 9.17) is 20.8 Å². The number of aryl methyl sites for hydroxylation is 1. The average molecular weight is 486 g/mol. The highest BCUT2D eigenvalue weighted by atomic mass is 35.5. The summed E-state index contributed by atoms with van der Waals surface area (Å²) in [5, 5.41) is 11.5. The molecule has 1 aromatic carbocycles. The lowest BCUT2D eigenvalue weighted by molar-refractivity contribution is 0.0709. The molecule has 9 heteroatoms. The Labute approximate surface area is 202 Å². The molecular formula is C25H28ClN3O5. The van der Waals surface area contributed by atoms with Crippen molar-refractivity contribution in [2.75, 3.05) is 32.8 Å². The first-order valence-electron chi connectivity index (χ1n) is 11.3. The Morgan fingerprint density at radius 3 is 2.59 bits per heavy atom. The van der Waals surface area contributed by atoms with Crippen LogP contribution in [0.15, 0.2) is 57.9 Å². The monoisotopic (exact) mass is 485 g/mol. The van der Waals surface area contributed by atoms with E-state index in [0.29, 0.717) is 49.3 Å². The van der Waals surface area contributed by atoms with Gasteiger partial charge in [0, 0.05) is 36.9 Å². The Balaban J connectivity index is 1.75. The minimum absolute atomic E-state index is 0.0732. The maximum absolute atomic E-state index is 13.8. The first-order chi connectivity index (χ1) is 16.4. The van der Waals surface area contributed by atoms with E-state index in [1.807, 2.05) is 18.2 Å². The van der Waals surface area contributed by atoms with Gasteiger partial charge in [0.1, 0.15) is 11.5 Å². The summed E-state index contributed by atoms with van der Waals surface area (Å²) in [6.45, 7) is 6.02. The zero-order valence-corrected chi connectivity index (χ0v) is 20.0. The molecule has 1 saturated heterocycles. The molecule has 0 radical (unpaired) electrons. The van der Waals surface area contributed by atoms with E-state index in [9.17, 15) is 14.7 Å². The maximum atomic E-state index is 13.8. The summed E-state index contributed by atoms with van der Waals surface area (Å²) >= 11 is 6.30. The summed E-state index contributed by atoms with van der Waals surface area (Å²) in [5.41, 5.74) is 1.38. The van der Waals surface area contributed by atoms with Crippen molar-refractivity contribution < 1.29 is 19.1 Å². The number of carbonyl (C=O) groups is 1. The van der Waals surface area contributed by atoms with Crippen molar-refractivity contribution in [3.8, 4) is 5.75 Å². The molecule has 8 nitrogen and oxygen atoms in total. The fourth-order valence-electron chi connectivity index (χ4n) is 4.39. The second-order valence-electron chi connectivity index (χ2n) is 8.23. The molecule has 0 aliphatic carbocycles. The van der Waals surface area contributed by atoms with Gasteiger partial charge >= 0.3 is 6.09 Å². The summed E-state index contributed by atoms with van der Waals surface area (Å²) < 4.78 is 12.2. The normalized spacial score (nSPS) is 15.3. The van der Waals surface area contributed by atoms with E-state index < -0.39 is 6.04 Å². The van der Waals surface area contributed by atoms with E-state index in [0.717, 1.165) is 5.56 Å². The highest BCUT2D eigenvalue weighted by Gasteiger charge is 2.33. The largest absolute Gasteiger partial charge is 0.507 e. The Bertz CT molecular complexity index is 1200. The third kappa shape index (κ3) is 4.98. The number of amides is 1. The molecule has 2 aromatic heterocycles. The van der Waals surface area contributed by atoms with Gasteiger partial charge in [-0.15, -0.1) is 0 Å². The lowest BCUT2D eigenvalue weighted by atomic mass is 9.96. The average Bonchev–Trinajstić information content (AvgIpc) is 3.33. The molecule has 1 fully saturated rings. The van der Waals surface area contributed by atoms with E-state index >= 15 is 0 Å². The van der Waals surface area contributed by atoms with Crippen LogP contribution in [-0.2, 0) is 11.3 Å². The lowest BCUT2D eigenvalue weighted by Crippen LogP contribution is -2.50. The summed E-state index contributed by atoms with van der Waals surface area (Å²) in [5.74, 6) is 0.570. The summed E-state index contributed by atoms with van der Waals surface area (Å²) in [7, 11) is 0. The van der Waals surface area contributed by atoms with Crippen molar-refractivity contribution in [3.05, 3.63) is 86.7 Å². The lowest BCUT2D eigenvalue weighted by Gasteiger charge is -2.39. The van der Waals surface area contributed by atoms with Crippen LogP contribution in [0.5, 0.6) is 5.75 Å². The number of hydrogen-bond acceptors (Lipinski definition) is 6. The number of hydrogen-bond donors (Lipinski definition) is 1. The summed E-state index contributed by atoms with van der Waals surface area (Å²) in [4.78, 5) is 29.7. The molecule has 1 N–H and O–H groups in total. The number of nitrogens with zero attached hydrogens (tertiary/aromatic N) is 3. The first-order valence-corrected chi connectivity index (χ1v) is 11.6. The van der Waals surface area contributed by atoms with Gasteiger partial charge in [0.25, 0.3) is 5.56 Å². The van der Waals surface area contributed by atoms with E-state index in [1.165, 1.54) is 0 Å². The zero-order chi connectivity index (χ0) is 24.2. The highest BCUT2D eigenvalue weighted by molar-refractivity contribution is 6.30. The molecule has 1 amide bonds. The van der Waals surface area contributed by atoms with Gasteiger partial charge in [-0.1, -0.05) is 23.7 Å². The molecule has 0 spiro atoms. The molecule has 1 unspecified atom stereocenters. The van der Waals surface area contributed by atoms with Crippen molar-refractivity contribution in [2.24, 2.45) is 0 Å². The standard InChI is InChI=1S/C25H28ClN3O5/c1-3-33-25(32)28-11-9-27(10-12-28)23(18-6-4-7-19(26)15-18)22-21(30)14-17(2)29(24(22)31)16-20-8-5-13-34-20/h4-8,13-15,23,30H,3,9-12,16H2,1-2H3. The molecule has 0 bridgehead atoms. The van der Waals surface area contributed by atoms with Gasteiger partial charge in [-0.25, -0.2) is 4.79 Å². The van der Waals surface area contributed by atoms with Gasteiger partial charge < -0.3 is 23.7 Å². The minimum Gasteiger partial charge on any atom is -0.507 e. The highest BCUT2D eigenvalue weighted by Crippen LogP contribution is 2.34. The Morgan fingerprint density at radius 1 is 1.18 bits per heavy atom. The topological polar surface area (TPSA) is 88.2 Å². The van der Waals surface area contributed by atoms with Crippen LogP contribution in [-0.4, -0.2) is 58.4 Å². The van der Waals surface area contributed by atoms with Crippen LogP contribution in [0.3, 0.4) is 0 Å². The third-order valence-electron chi connectivity index (χ3n) is 6.06. The molecule has 3 aromatic rings. The first kappa shape index (κ1) is 23.9. The van der Waals surface area contributed by atoms with Crippen molar-refractivity contribution >= 4 is 17.7 Å². The molecule has 1 aliphatic heterocycles. The molecule has 1 aliphatic rings. The van der Waals surface area contributed by atoms with Crippen LogP contribution >= 0.6 is 11.6 Å². The van der Waals surface area contributed by atoms with Crippen LogP contribution in [0.2, 0.25) is 5.02 Å². The minimum atomic E-state index is -0.543. The quantitative estimate of drug-likeness (QED) is 0.567. The summed E-state index contributed by atoms with van der Waals surface area (Å²) in [6, 6.07) is 11.9. The number of pyridine rings is 1. The Kier molecular flexibility index (Phi) is 7.29. The fraction of sp³-hybridized carbons (Fsp3) is 0.360. The number of carbonyl (C=O) groups excluding carboxylic acids is 1. The molecule has 3 heterocycles. The number of furan rings is 1. The molecule has 0 saturated carbocycles. The second-order valence-corrected chi connectivity index (χ2v) is 8.67. The van der Waals surface area contributed by atoms with E-state index in [1.54, 1.807) is 53.8 Å². The predicted octanol–water partition coefficient (Wildman–Crippen LogP) is 4.02. The Morgan fingerprint density at radius 2 is 1.94 bits per heavy atom. The van der Waals surface area contributed by atoms with E-state index in [2.05, 4.69) is 4.90 Å². The van der Waals surface area contributed by atoms with Crippen molar-refractivity contribution in [1.29, 1.82) is 0 Å². The van der Waals surface area contributed by atoms with Crippen LogP contribution < -0.4 is 5.56 Å². The van der Waals surface area contributed by atoms with Crippen molar-refractivity contribution in [2.45, 2.75) is 26.4 Å². The number of aromatic hydroxyl groups is 1. The van der Waals surface area contributed by atoms with Gasteiger partial charge in [-0.05, 0) is 49.7 Å². The van der Waals surface area contributed by atoms with Gasteiger partial charge in [0.05, 0.1) is 31.0 Å². The molecule has 1 atom stereocenters. The molecule has 34 heavy (non-hydrogen) atoms. The fourth-order valence-corrected chi connectivity index (χ4v) is 4.59. The zero-order valence-electron chi connectivity index (χ0n) is 19.2. The van der Waals surface area contributed by atoms with Crippen molar-refractivity contribution in [3.63, 3.8) is 0 Å². The Hall–Kier alpha value is -3.23. The molecular weight excluding hydrogens is 458 g/mol. The molecule has 180 valence electrons. The summed E-state index contributed by atoms with van der Waals surface area (Å²) in [6.07, 6.45) is 1.22. The van der Waals surface area contributed by atoms with E-state index in [-0.39, 0.29) is 29.5 Å². The molecule has 4 rings (SSSR count).